The van der Waals surface area contributed by atoms with Crippen LogP contribution in [0.2, 0.25) is 0 Å². The molecule has 1 nitrogen and oxygen atoms in total. The molecule has 2 rings (SSSR count). The Bertz CT molecular complexity index is 1300. The van der Waals surface area contributed by atoms with Gasteiger partial charge in [0.2, 0.25) is 0 Å². The summed E-state index contributed by atoms with van der Waals surface area (Å²) in [5.74, 6) is 0.280. The van der Waals surface area contributed by atoms with E-state index in [-0.39, 0.29) is 16.6 Å². The molecule has 0 N–H and O–H groups in total. The first kappa shape index (κ1) is 34.0. The smallest absolute Gasteiger partial charge is 0.158 e. The average molecular weight is 551 g/mol. The lowest BCUT2D eigenvalue weighted by molar-refractivity contribution is -0.116. The SMILES string of the molecule is CC1=C(/C=C/C(C)=C/C=C/C(C)=C/C=C/C=C(C)/C=C/C=C(C)\C=C\C2=C(C)C(=O)CCC2(C)C)C(C)(C)CCC1. The molecule has 0 atom stereocenters. The molecule has 220 valence electrons. The van der Waals surface area contributed by atoms with Gasteiger partial charge < -0.3 is 0 Å². The third-order valence-corrected chi connectivity index (χ3v) is 8.36. The fourth-order valence-corrected chi connectivity index (χ4v) is 5.54. The molecule has 0 amide bonds. The van der Waals surface area contributed by atoms with Crippen LogP contribution in [0.5, 0.6) is 0 Å². The molecular formula is C40H54O. The number of hydrogen-bond donors (Lipinski definition) is 0. The molecular weight excluding hydrogens is 496 g/mol. The van der Waals surface area contributed by atoms with Crippen LogP contribution in [0.15, 0.2) is 130 Å². The minimum absolute atomic E-state index is 0.0507. The van der Waals surface area contributed by atoms with Gasteiger partial charge in [-0.3, -0.25) is 4.79 Å². The second-order valence-corrected chi connectivity index (χ2v) is 13.2. The highest BCUT2D eigenvalue weighted by molar-refractivity contribution is 5.97. The summed E-state index contributed by atoms with van der Waals surface area (Å²) < 4.78 is 0. The van der Waals surface area contributed by atoms with Crippen molar-refractivity contribution in [2.24, 2.45) is 10.8 Å². The van der Waals surface area contributed by atoms with E-state index in [1.807, 2.05) is 6.92 Å². The molecule has 0 aliphatic heterocycles. The van der Waals surface area contributed by atoms with Gasteiger partial charge in [-0.1, -0.05) is 141 Å². The van der Waals surface area contributed by atoms with Crippen LogP contribution >= 0.6 is 0 Å². The van der Waals surface area contributed by atoms with E-state index in [1.54, 1.807) is 0 Å². The van der Waals surface area contributed by atoms with Crippen molar-refractivity contribution >= 4 is 5.78 Å². The summed E-state index contributed by atoms with van der Waals surface area (Å²) in [6.45, 7) is 21.9. The number of carbonyl (C=O) groups excluding carboxylic acids is 1. The molecule has 0 fully saturated rings. The van der Waals surface area contributed by atoms with E-state index >= 15 is 0 Å². The van der Waals surface area contributed by atoms with Crippen molar-refractivity contribution in [2.45, 2.75) is 101 Å². The predicted octanol–water partition coefficient (Wildman–Crippen LogP) is 11.8. The van der Waals surface area contributed by atoms with Crippen molar-refractivity contribution in [3.05, 3.63) is 130 Å². The summed E-state index contributed by atoms with van der Waals surface area (Å²) in [6.07, 6.45) is 35.4. The molecule has 0 aromatic carbocycles. The summed E-state index contributed by atoms with van der Waals surface area (Å²) >= 11 is 0. The van der Waals surface area contributed by atoms with E-state index in [4.69, 9.17) is 0 Å². The molecule has 1 heteroatoms. The lowest BCUT2D eigenvalue weighted by Crippen LogP contribution is -2.24. The third-order valence-electron chi connectivity index (χ3n) is 8.36. The van der Waals surface area contributed by atoms with Gasteiger partial charge in [0.15, 0.2) is 5.78 Å². The van der Waals surface area contributed by atoms with Gasteiger partial charge in [-0.05, 0) is 94.8 Å². The van der Waals surface area contributed by atoms with E-state index in [2.05, 4.69) is 147 Å². The molecule has 0 saturated heterocycles. The van der Waals surface area contributed by atoms with Crippen molar-refractivity contribution < 1.29 is 4.79 Å². The van der Waals surface area contributed by atoms with Crippen LogP contribution in [0.1, 0.15) is 101 Å². The number of Topliss-reactive ketones (excluding diaryl/α,β-unsaturated/α-hetero) is 1. The van der Waals surface area contributed by atoms with E-state index in [0.29, 0.717) is 6.42 Å². The fourth-order valence-electron chi connectivity index (χ4n) is 5.54. The molecule has 0 aromatic rings. The summed E-state index contributed by atoms with van der Waals surface area (Å²) in [4.78, 5) is 12.2. The largest absolute Gasteiger partial charge is 0.295 e. The number of hydrogen-bond acceptors (Lipinski definition) is 1. The minimum atomic E-state index is 0.0507. The minimum Gasteiger partial charge on any atom is -0.295 e. The maximum absolute atomic E-state index is 12.2. The Labute approximate surface area is 252 Å². The van der Waals surface area contributed by atoms with Crippen LogP contribution in [0.4, 0.5) is 0 Å². The van der Waals surface area contributed by atoms with Crippen LogP contribution in [0.3, 0.4) is 0 Å². The average Bonchev–Trinajstić information content (AvgIpc) is 2.88. The fraction of sp³-hybridized carbons (Fsp3) is 0.425. The van der Waals surface area contributed by atoms with Crippen LogP contribution in [0.25, 0.3) is 0 Å². The van der Waals surface area contributed by atoms with Crippen LogP contribution < -0.4 is 0 Å². The highest BCUT2D eigenvalue weighted by Gasteiger charge is 2.30. The molecule has 0 unspecified atom stereocenters. The Morgan fingerprint density at radius 3 is 1.54 bits per heavy atom. The van der Waals surface area contributed by atoms with Gasteiger partial charge in [0.05, 0.1) is 0 Å². The molecule has 0 spiro atoms. The normalized spacial score (nSPS) is 21.8. The molecule has 2 aliphatic rings. The quantitative estimate of drug-likeness (QED) is 0.247. The third kappa shape index (κ3) is 11.3. The molecule has 2 aliphatic carbocycles. The Morgan fingerprint density at radius 1 is 0.585 bits per heavy atom. The zero-order chi connectivity index (χ0) is 30.6. The lowest BCUT2D eigenvalue weighted by Gasteiger charge is -2.32. The summed E-state index contributed by atoms with van der Waals surface area (Å²) in [6, 6.07) is 0. The number of rotatable bonds is 10. The van der Waals surface area contributed by atoms with E-state index in [1.165, 1.54) is 52.7 Å². The first-order valence-electron chi connectivity index (χ1n) is 15.3. The Morgan fingerprint density at radius 2 is 1.02 bits per heavy atom. The second kappa shape index (κ2) is 15.7. The van der Waals surface area contributed by atoms with Crippen molar-refractivity contribution in [2.75, 3.05) is 0 Å². The zero-order valence-electron chi connectivity index (χ0n) is 27.5. The number of ketones is 1. The van der Waals surface area contributed by atoms with E-state index in [9.17, 15) is 4.79 Å². The highest BCUT2D eigenvalue weighted by Crippen LogP contribution is 2.41. The zero-order valence-corrected chi connectivity index (χ0v) is 27.5. The van der Waals surface area contributed by atoms with Gasteiger partial charge in [0.1, 0.15) is 0 Å². The van der Waals surface area contributed by atoms with Crippen LogP contribution in [0, 0.1) is 10.8 Å². The van der Waals surface area contributed by atoms with Crippen molar-refractivity contribution in [1.29, 1.82) is 0 Å². The Kier molecular flexibility index (Phi) is 13.0. The summed E-state index contributed by atoms with van der Waals surface area (Å²) in [5, 5.41) is 0. The second-order valence-electron chi connectivity index (χ2n) is 13.2. The van der Waals surface area contributed by atoms with Crippen LogP contribution in [-0.4, -0.2) is 5.78 Å². The summed E-state index contributed by atoms with van der Waals surface area (Å²) in [7, 11) is 0. The molecule has 0 radical (unpaired) electrons. The lowest BCUT2D eigenvalue weighted by atomic mass is 9.72. The van der Waals surface area contributed by atoms with Gasteiger partial charge in [0, 0.05) is 6.42 Å². The number of allylic oxidation sites excluding steroid dienone is 22. The van der Waals surface area contributed by atoms with Gasteiger partial charge in [-0.15, -0.1) is 0 Å². The van der Waals surface area contributed by atoms with Gasteiger partial charge >= 0.3 is 0 Å². The predicted molar refractivity (Wildman–Crippen MR) is 182 cm³/mol. The number of carbonyl (C=O) groups is 1. The maximum Gasteiger partial charge on any atom is 0.158 e. The van der Waals surface area contributed by atoms with Gasteiger partial charge in [-0.25, -0.2) is 0 Å². The Balaban J connectivity index is 1.91. The van der Waals surface area contributed by atoms with Crippen molar-refractivity contribution in [3.63, 3.8) is 0 Å². The van der Waals surface area contributed by atoms with Gasteiger partial charge in [0.25, 0.3) is 0 Å². The van der Waals surface area contributed by atoms with E-state index in [0.717, 1.165) is 17.6 Å². The Hall–Kier alpha value is -3.19. The van der Waals surface area contributed by atoms with Crippen molar-refractivity contribution in [1.82, 2.24) is 0 Å². The first-order valence-corrected chi connectivity index (χ1v) is 15.3. The highest BCUT2D eigenvalue weighted by atomic mass is 16.1. The molecule has 41 heavy (non-hydrogen) atoms. The standard InChI is InChI=1S/C40H54O/c1-30(18-13-20-32(3)23-25-36-34(5)22-15-28-39(36,7)8)16-11-12-17-31(2)19-14-21-33(4)24-26-37-35(6)38(41)27-29-40(37,9)10/h11-14,16-21,23-26H,15,22,27-29H2,1-10H3/b12-11+,18-13+,19-14+,25-23+,26-24+,30-16+,31-17+,32-20+,33-21-. The monoisotopic (exact) mass is 550 g/mol. The topological polar surface area (TPSA) is 17.1 Å². The van der Waals surface area contributed by atoms with E-state index < -0.39 is 0 Å². The molecule has 0 aromatic heterocycles. The molecule has 0 bridgehead atoms. The van der Waals surface area contributed by atoms with Gasteiger partial charge in [-0.2, -0.15) is 0 Å². The maximum atomic E-state index is 12.2. The summed E-state index contributed by atoms with van der Waals surface area (Å²) in [5.41, 5.74) is 10.3. The molecule has 0 heterocycles. The van der Waals surface area contributed by atoms with Crippen molar-refractivity contribution in [3.8, 4) is 0 Å². The molecule has 0 saturated carbocycles. The first-order chi connectivity index (χ1) is 19.2. The van der Waals surface area contributed by atoms with Crippen LogP contribution in [-0.2, 0) is 4.79 Å².